The fraction of sp³-hybridized carbons (Fsp3) is 0. The molecule has 0 unspecified atom stereocenters. The van der Waals surface area contributed by atoms with Crippen LogP contribution in [-0.4, -0.2) is 11.0 Å². The first-order chi connectivity index (χ1) is 5.08. The smallest absolute Gasteiger partial charge is 0.241 e. The molecule has 66 valence electrons. The summed E-state index contributed by atoms with van der Waals surface area (Å²) in [6.07, 6.45) is 0. The van der Waals surface area contributed by atoms with Crippen LogP contribution in [0.1, 0.15) is 0 Å². The number of hydrazone groups is 1. The van der Waals surface area contributed by atoms with E-state index in [1.165, 1.54) is 0 Å². The second kappa shape index (κ2) is 8.19. The Morgan fingerprint density at radius 3 is 1.64 bits per heavy atom. The Balaban J connectivity index is 0. The highest BCUT2D eigenvalue weighted by Gasteiger charge is 1.82. The van der Waals surface area contributed by atoms with E-state index in [1.54, 1.807) is 0 Å². The lowest BCUT2D eigenvalue weighted by Gasteiger charge is -1.97. The average Bonchev–Trinajstić information content (AvgIpc) is 1.90. The number of hydrogen-bond donors (Lipinski definition) is 5. The molecule has 0 aromatic heterocycles. The molecule has 11 heavy (non-hydrogen) atoms. The Kier molecular flexibility index (Phi) is 8.88. The summed E-state index contributed by atoms with van der Waals surface area (Å²) in [4.78, 5) is 8.25. The summed E-state index contributed by atoms with van der Waals surface area (Å²) >= 11 is 0. The number of nitrogens with one attached hydrogen (secondary N) is 2. The maximum absolute atomic E-state index is 8.25. The average molecular weight is 166 g/mol. The summed E-state index contributed by atoms with van der Waals surface area (Å²) in [6.45, 7) is 0. The summed E-state index contributed by atoms with van der Waals surface area (Å²) in [5.41, 5.74) is 4.18. The molecule has 0 rings (SSSR count). The van der Waals surface area contributed by atoms with Crippen molar-refractivity contribution >= 4 is 5.96 Å². The predicted octanol–water partition coefficient (Wildman–Crippen LogP) is -3.10. The molecule has 10 heteroatoms. The third-order valence-corrected chi connectivity index (χ3v) is 0.403. The van der Waals surface area contributed by atoms with E-state index in [0.29, 0.717) is 0 Å². The van der Waals surface area contributed by atoms with Crippen LogP contribution in [0.15, 0.2) is 5.10 Å². The van der Waals surface area contributed by atoms with Crippen LogP contribution in [0, 0.1) is 15.3 Å². The fourth-order valence-electron chi connectivity index (χ4n) is 0.116. The van der Waals surface area contributed by atoms with Crippen LogP contribution >= 0.6 is 0 Å². The molecule has 0 aliphatic carbocycles. The van der Waals surface area contributed by atoms with E-state index in [4.69, 9.17) is 32.8 Å². The molecule has 0 aromatic rings. The van der Waals surface area contributed by atoms with E-state index < -0.39 is 5.09 Å². The number of guanidine groups is 1. The van der Waals surface area contributed by atoms with Crippen molar-refractivity contribution in [3.8, 4) is 0 Å². The van der Waals surface area contributed by atoms with Crippen molar-refractivity contribution in [3.05, 3.63) is 15.3 Å². The van der Waals surface area contributed by atoms with Gasteiger partial charge in [-0.2, -0.15) is 0 Å². The monoisotopic (exact) mass is 166 g/mol. The molecule has 0 heterocycles. The van der Waals surface area contributed by atoms with Crippen LogP contribution in [0.25, 0.3) is 0 Å². The van der Waals surface area contributed by atoms with E-state index in [-0.39, 0.29) is 5.96 Å². The number of hydrogen-bond acceptors (Lipinski definition) is 7. The SMILES string of the molecule is NN=C(NN)NN.O=[N+]([O-])[O-]. The molecular weight excluding hydrogens is 158 g/mol. The van der Waals surface area contributed by atoms with Crippen LogP contribution in [0.4, 0.5) is 0 Å². The highest BCUT2D eigenvalue weighted by molar-refractivity contribution is 5.77. The maximum atomic E-state index is 8.25. The molecule has 0 radical (unpaired) electrons. The van der Waals surface area contributed by atoms with Gasteiger partial charge < -0.3 is 21.2 Å². The summed E-state index contributed by atoms with van der Waals surface area (Å²) in [7, 11) is 0. The highest BCUT2D eigenvalue weighted by atomic mass is 16.9. The molecule has 0 aromatic carbocycles. The first kappa shape index (κ1) is 11.9. The van der Waals surface area contributed by atoms with Crippen LogP contribution in [0.5, 0.6) is 0 Å². The van der Waals surface area contributed by atoms with Gasteiger partial charge in [-0.05, 0) is 0 Å². The minimum atomic E-state index is -1.75. The van der Waals surface area contributed by atoms with Crippen LogP contribution in [0.3, 0.4) is 0 Å². The Morgan fingerprint density at radius 2 is 1.64 bits per heavy atom. The molecule has 0 aliphatic heterocycles. The van der Waals surface area contributed by atoms with Crippen LogP contribution in [0.2, 0.25) is 0 Å². The molecule has 8 N–H and O–H groups in total. The second-order valence-electron chi connectivity index (χ2n) is 0.990. The normalized spacial score (nSPS) is 6.73. The lowest BCUT2D eigenvalue weighted by atomic mass is 11.1. The first-order valence-corrected chi connectivity index (χ1v) is 2.11. The van der Waals surface area contributed by atoms with Gasteiger partial charge in [0.25, 0.3) is 0 Å². The molecule has 10 nitrogen and oxygen atoms in total. The fourth-order valence-corrected chi connectivity index (χ4v) is 0.116. The molecule has 0 amide bonds. The van der Waals surface area contributed by atoms with Crippen molar-refractivity contribution < 1.29 is 5.09 Å². The van der Waals surface area contributed by atoms with Gasteiger partial charge in [0.05, 0.1) is 5.09 Å². The Labute approximate surface area is 61.1 Å². The van der Waals surface area contributed by atoms with Gasteiger partial charge in [-0.1, -0.05) is 0 Å². The van der Waals surface area contributed by atoms with E-state index in [9.17, 15) is 0 Å². The third-order valence-electron chi connectivity index (χ3n) is 0.403. The lowest BCUT2D eigenvalue weighted by Crippen LogP contribution is -2.45. The molecule has 0 aliphatic rings. The Morgan fingerprint density at radius 1 is 1.36 bits per heavy atom. The highest BCUT2D eigenvalue weighted by Crippen LogP contribution is 1.45. The third kappa shape index (κ3) is 17.9. The maximum Gasteiger partial charge on any atom is 0.241 e. The van der Waals surface area contributed by atoms with Gasteiger partial charge in [0, 0.05) is 0 Å². The zero-order valence-electron chi connectivity index (χ0n) is 5.35. The van der Waals surface area contributed by atoms with Gasteiger partial charge >= 0.3 is 0 Å². The zero-order valence-corrected chi connectivity index (χ0v) is 5.35. The van der Waals surface area contributed by atoms with Crippen LogP contribution < -0.4 is 28.4 Å². The zero-order chi connectivity index (χ0) is 9.28. The van der Waals surface area contributed by atoms with E-state index in [0.717, 1.165) is 0 Å². The van der Waals surface area contributed by atoms with Crippen molar-refractivity contribution in [2.45, 2.75) is 0 Å². The van der Waals surface area contributed by atoms with Gasteiger partial charge in [0.15, 0.2) is 0 Å². The largest absolute Gasteiger partial charge is 0.356 e. The van der Waals surface area contributed by atoms with Crippen molar-refractivity contribution in [2.75, 3.05) is 0 Å². The predicted molar refractivity (Wildman–Crippen MR) is 36.6 cm³/mol. The van der Waals surface area contributed by atoms with E-state index in [1.807, 2.05) is 0 Å². The minimum Gasteiger partial charge on any atom is -0.356 e. The minimum absolute atomic E-state index is 0.139. The van der Waals surface area contributed by atoms with E-state index in [2.05, 4.69) is 16.0 Å². The van der Waals surface area contributed by atoms with Crippen molar-refractivity contribution in [1.29, 1.82) is 0 Å². The Bertz CT molecular complexity index is 122. The van der Waals surface area contributed by atoms with Crippen molar-refractivity contribution in [1.82, 2.24) is 10.9 Å². The Hall–Kier alpha value is -1.81. The molecule has 0 bridgehead atoms. The summed E-state index contributed by atoms with van der Waals surface area (Å²) in [5, 5.41) is 17.8. The van der Waals surface area contributed by atoms with Crippen molar-refractivity contribution in [3.63, 3.8) is 0 Å². The number of nitrogens with zero attached hydrogens (tertiary/aromatic N) is 2. The van der Waals surface area contributed by atoms with Gasteiger partial charge in [0.1, 0.15) is 0 Å². The summed E-state index contributed by atoms with van der Waals surface area (Å²) in [5.74, 6) is 14.4. The number of nitrogens with two attached hydrogens (primary N) is 3. The van der Waals surface area contributed by atoms with Gasteiger partial charge in [-0.15, -0.1) is 5.10 Å². The quantitative estimate of drug-likeness (QED) is 0.0824. The number of rotatable bonds is 0. The summed E-state index contributed by atoms with van der Waals surface area (Å²) < 4.78 is 0. The molecule has 0 saturated carbocycles. The molecule has 0 fully saturated rings. The lowest BCUT2D eigenvalue weighted by molar-refractivity contribution is -0.402. The van der Waals surface area contributed by atoms with Gasteiger partial charge in [0.2, 0.25) is 5.96 Å². The van der Waals surface area contributed by atoms with Gasteiger partial charge in [-0.3, -0.25) is 10.9 Å². The molecule has 0 saturated heterocycles. The standard InChI is InChI=1S/CH8N6.NO3/c2-5-1(6-3)7-4;2-1(3)4/h2-4H2,(H2,5,6,7);/q;-1. The molecular formula is CH8N7O3-. The van der Waals surface area contributed by atoms with Gasteiger partial charge in [-0.25, -0.2) is 11.7 Å². The molecule has 0 spiro atoms. The summed E-state index contributed by atoms with van der Waals surface area (Å²) in [6, 6.07) is 0. The topological polar surface area (TPSA) is 181 Å². The van der Waals surface area contributed by atoms with Crippen LogP contribution in [-0.2, 0) is 0 Å². The second-order valence-corrected chi connectivity index (χ2v) is 0.990. The van der Waals surface area contributed by atoms with E-state index >= 15 is 0 Å². The first-order valence-electron chi connectivity index (χ1n) is 2.11. The number of hydrazine groups is 2. The molecule has 0 atom stereocenters. The van der Waals surface area contributed by atoms with Crippen molar-refractivity contribution in [2.24, 2.45) is 22.6 Å².